The molecule has 1 aliphatic heterocycles. The van der Waals surface area contributed by atoms with E-state index in [1.54, 1.807) is 60.6 Å². The Morgan fingerprint density at radius 3 is 2.56 bits per heavy atom. The SMILES string of the molecule is CCOC(=O)c1ccc(OC)cc1NC(=O)C1=CN(CC(=O)Nc2ccccc2)C=CC1. The molecule has 2 N–H and O–H groups in total. The molecule has 32 heavy (non-hydrogen) atoms. The number of allylic oxidation sites excluding steroid dienone is 1. The summed E-state index contributed by atoms with van der Waals surface area (Å²) >= 11 is 0. The summed E-state index contributed by atoms with van der Waals surface area (Å²) in [5.41, 5.74) is 1.66. The van der Waals surface area contributed by atoms with E-state index in [1.165, 1.54) is 7.11 Å². The Bertz CT molecular complexity index is 1050. The maximum absolute atomic E-state index is 12.9. The number of carbonyl (C=O) groups excluding carboxylic acids is 3. The highest BCUT2D eigenvalue weighted by atomic mass is 16.5. The van der Waals surface area contributed by atoms with Crippen molar-refractivity contribution in [1.82, 2.24) is 4.90 Å². The van der Waals surface area contributed by atoms with E-state index in [9.17, 15) is 14.4 Å². The zero-order chi connectivity index (χ0) is 22.9. The van der Waals surface area contributed by atoms with E-state index in [-0.39, 0.29) is 36.2 Å². The lowest BCUT2D eigenvalue weighted by molar-refractivity contribution is -0.116. The zero-order valence-corrected chi connectivity index (χ0v) is 18.0. The Labute approximate surface area is 186 Å². The summed E-state index contributed by atoms with van der Waals surface area (Å²) in [6.07, 6.45) is 5.55. The largest absolute Gasteiger partial charge is 0.497 e. The first-order valence-corrected chi connectivity index (χ1v) is 10.1. The smallest absolute Gasteiger partial charge is 0.340 e. The third-order valence-corrected chi connectivity index (χ3v) is 4.60. The number of hydrogen-bond acceptors (Lipinski definition) is 6. The number of carbonyl (C=O) groups is 3. The van der Waals surface area contributed by atoms with E-state index >= 15 is 0 Å². The standard InChI is InChI=1S/C24H25N3O5/c1-3-32-24(30)20-12-11-19(31-2)14-21(20)26-23(29)17-8-7-13-27(15-17)16-22(28)25-18-9-5-4-6-10-18/h4-7,9-15H,3,8,16H2,1-2H3,(H,25,28)(H,26,29). The maximum atomic E-state index is 12.9. The van der Waals surface area contributed by atoms with Crippen LogP contribution in [0.4, 0.5) is 11.4 Å². The van der Waals surface area contributed by atoms with Gasteiger partial charge in [-0.3, -0.25) is 9.59 Å². The van der Waals surface area contributed by atoms with Crippen molar-refractivity contribution < 1.29 is 23.9 Å². The molecule has 0 atom stereocenters. The van der Waals surface area contributed by atoms with Crippen LogP contribution in [-0.4, -0.2) is 42.9 Å². The summed E-state index contributed by atoms with van der Waals surface area (Å²) in [5.74, 6) is -0.648. The van der Waals surface area contributed by atoms with Crippen molar-refractivity contribution in [1.29, 1.82) is 0 Å². The van der Waals surface area contributed by atoms with Crippen LogP contribution in [0.5, 0.6) is 5.75 Å². The van der Waals surface area contributed by atoms with Crippen molar-refractivity contribution in [2.75, 3.05) is 30.9 Å². The molecule has 166 valence electrons. The number of hydrogen-bond donors (Lipinski definition) is 2. The van der Waals surface area contributed by atoms with Crippen LogP contribution in [0.3, 0.4) is 0 Å². The molecule has 0 saturated carbocycles. The van der Waals surface area contributed by atoms with Gasteiger partial charge in [-0.1, -0.05) is 24.3 Å². The molecule has 0 saturated heterocycles. The normalized spacial score (nSPS) is 12.6. The van der Waals surface area contributed by atoms with Gasteiger partial charge in [-0.25, -0.2) is 4.79 Å². The number of anilines is 2. The lowest BCUT2D eigenvalue weighted by Gasteiger charge is -2.21. The molecule has 0 spiro atoms. The molecule has 2 amide bonds. The predicted octanol–water partition coefficient (Wildman–Crippen LogP) is 3.55. The van der Waals surface area contributed by atoms with E-state index in [0.29, 0.717) is 23.4 Å². The van der Waals surface area contributed by atoms with Crippen LogP contribution in [0.25, 0.3) is 0 Å². The fourth-order valence-corrected chi connectivity index (χ4v) is 3.09. The molecule has 2 aromatic carbocycles. The first-order valence-electron chi connectivity index (χ1n) is 10.1. The second-order valence-corrected chi connectivity index (χ2v) is 6.92. The molecule has 8 heteroatoms. The third kappa shape index (κ3) is 5.98. The van der Waals surface area contributed by atoms with Gasteiger partial charge in [0.05, 0.1) is 25.0 Å². The Balaban J connectivity index is 1.70. The fraction of sp³-hybridized carbons (Fsp3) is 0.208. The Morgan fingerprint density at radius 1 is 1.06 bits per heavy atom. The first-order chi connectivity index (χ1) is 15.5. The van der Waals surface area contributed by atoms with Crippen molar-refractivity contribution in [2.45, 2.75) is 13.3 Å². The number of rotatable bonds is 8. The van der Waals surface area contributed by atoms with Crippen LogP contribution < -0.4 is 15.4 Å². The van der Waals surface area contributed by atoms with E-state index in [4.69, 9.17) is 9.47 Å². The minimum atomic E-state index is -0.540. The number of para-hydroxylation sites is 1. The van der Waals surface area contributed by atoms with Gasteiger partial charge < -0.3 is 25.0 Å². The number of benzene rings is 2. The second-order valence-electron chi connectivity index (χ2n) is 6.92. The molecule has 3 rings (SSSR count). The molecular weight excluding hydrogens is 410 g/mol. The van der Waals surface area contributed by atoms with Crippen molar-refractivity contribution in [3.8, 4) is 5.75 Å². The number of ether oxygens (including phenoxy) is 2. The minimum absolute atomic E-state index is 0.0510. The van der Waals surface area contributed by atoms with Crippen LogP contribution in [0, 0.1) is 0 Å². The van der Waals surface area contributed by atoms with Gasteiger partial charge in [0.25, 0.3) is 5.91 Å². The van der Waals surface area contributed by atoms with Crippen molar-refractivity contribution in [3.05, 3.63) is 78.1 Å². The van der Waals surface area contributed by atoms with Gasteiger partial charge in [-0.05, 0) is 37.6 Å². The molecule has 0 aliphatic carbocycles. The van der Waals surface area contributed by atoms with Gasteiger partial charge in [-0.15, -0.1) is 0 Å². The summed E-state index contributed by atoms with van der Waals surface area (Å²) < 4.78 is 10.3. The zero-order valence-electron chi connectivity index (χ0n) is 18.0. The molecular formula is C24H25N3O5. The Hall–Kier alpha value is -4.07. The summed E-state index contributed by atoms with van der Waals surface area (Å²) in [6, 6.07) is 13.9. The maximum Gasteiger partial charge on any atom is 0.340 e. The molecule has 8 nitrogen and oxygen atoms in total. The van der Waals surface area contributed by atoms with Crippen LogP contribution in [0.1, 0.15) is 23.7 Å². The number of esters is 1. The van der Waals surface area contributed by atoms with Crippen LogP contribution >= 0.6 is 0 Å². The number of amides is 2. The van der Waals surface area contributed by atoms with Crippen LogP contribution in [0.15, 0.2) is 72.6 Å². The fourth-order valence-electron chi connectivity index (χ4n) is 3.09. The quantitative estimate of drug-likeness (QED) is 0.616. The number of methoxy groups -OCH3 is 1. The van der Waals surface area contributed by atoms with Crippen LogP contribution in [0.2, 0.25) is 0 Å². The van der Waals surface area contributed by atoms with Crippen molar-refractivity contribution in [3.63, 3.8) is 0 Å². The van der Waals surface area contributed by atoms with Gasteiger partial charge in [-0.2, -0.15) is 0 Å². The number of nitrogens with one attached hydrogen (secondary N) is 2. The highest BCUT2D eigenvalue weighted by Gasteiger charge is 2.19. The Kier molecular flexibility index (Phi) is 7.64. The van der Waals surface area contributed by atoms with E-state index in [0.717, 1.165) is 0 Å². The van der Waals surface area contributed by atoms with E-state index < -0.39 is 5.97 Å². The first kappa shape index (κ1) is 22.6. The van der Waals surface area contributed by atoms with Crippen molar-refractivity contribution in [2.24, 2.45) is 0 Å². The second kappa shape index (κ2) is 10.8. The minimum Gasteiger partial charge on any atom is -0.497 e. The Morgan fingerprint density at radius 2 is 1.84 bits per heavy atom. The van der Waals surface area contributed by atoms with Gasteiger partial charge in [0.1, 0.15) is 12.3 Å². The van der Waals surface area contributed by atoms with E-state index in [1.807, 2.05) is 18.2 Å². The third-order valence-electron chi connectivity index (χ3n) is 4.60. The molecule has 0 aromatic heterocycles. The number of nitrogens with zero attached hydrogens (tertiary/aromatic N) is 1. The van der Waals surface area contributed by atoms with Gasteiger partial charge >= 0.3 is 5.97 Å². The van der Waals surface area contributed by atoms with Gasteiger partial charge in [0, 0.05) is 29.7 Å². The molecule has 0 unspecified atom stereocenters. The van der Waals surface area contributed by atoms with Crippen molar-refractivity contribution >= 4 is 29.2 Å². The average molecular weight is 435 g/mol. The highest BCUT2D eigenvalue weighted by Crippen LogP contribution is 2.25. The summed E-state index contributed by atoms with van der Waals surface area (Å²) in [7, 11) is 1.50. The van der Waals surface area contributed by atoms with Crippen LogP contribution in [-0.2, 0) is 14.3 Å². The summed E-state index contributed by atoms with van der Waals surface area (Å²) in [6.45, 7) is 1.98. The highest BCUT2D eigenvalue weighted by molar-refractivity contribution is 6.08. The van der Waals surface area contributed by atoms with Gasteiger partial charge in [0.2, 0.25) is 5.91 Å². The predicted molar refractivity (Wildman–Crippen MR) is 121 cm³/mol. The summed E-state index contributed by atoms with van der Waals surface area (Å²) in [5, 5.41) is 5.57. The lowest BCUT2D eigenvalue weighted by Crippen LogP contribution is -2.29. The monoisotopic (exact) mass is 435 g/mol. The summed E-state index contributed by atoms with van der Waals surface area (Å²) in [4.78, 5) is 39.1. The topological polar surface area (TPSA) is 97.0 Å². The molecule has 1 heterocycles. The lowest BCUT2D eigenvalue weighted by atomic mass is 10.1. The molecule has 0 radical (unpaired) electrons. The average Bonchev–Trinajstić information content (AvgIpc) is 2.79. The molecule has 1 aliphatic rings. The van der Waals surface area contributed by atoms with Gasteiger partial charge in [0.15, 0.2) is 0 Å². The molecule has 2 aromatic rings. The van der Waals surface area contributed by atoms with E-state index in [2.05, 4.69) is 10.6 Å². The molecule has 0 bridgehead atoms. The molecule has 0 fully saturated rings.